The van der Waals surface area contributed by atoms with Crippen molar-refractivity contribution >= 4 is 17.3 Å². The van der Waals surface area contributed by atoms with Crippen LogP contribution in [0.5, 0.6) is 6.01 Å². The summed E-state index contributed by atoms with van der Waals surface area (Å²) in [5, 5.41) is 17.8. The third kappa shape index (κ3) is 1.71. The Morgan fingerprint density at radius 3 is 1.69 bits per heavy atom. The molecular formula is C7H13N5O. The molecule has 1 aromatic rings. The fraction of sp³-hybridized carbons (Fsp3) is 0.429. The van der Waals surface area contributed by atoms with Crippen molar-refractivity contribution in [1.82, 2.24) is 9.97 Å². The quantitative estimate of drug-likeness (QED) is 0.540. The molecule has 4 N–H and O–H groups in total. The zero-order valence-corrected chi connectivity index (χ0v) is 7.84. The maximum Gasteiger partial charge on any atom is 0.317 e. The smallest absolute Gasteiger partial charge is 0.317 e. The first kappa shape index (κ1) is 9.37. The molecule has 0 aromatic carbocycles. The van der Waals surface area contributed by atoms with E-state index in [1.807, 2.05) is 0 Å². The van der Waals surface area contributed by atoms with Crippen LogP contribution in [0.25, 0.3) is 0 Å². The van der Waals surface area contributed by atoms with Gasteiger partial charge in [0.2, 0.25) is 0 Å². The van der Waals surface area contributed by atoms with Gasteiger partial charge in [0.1, 0.15) is 5.69 Å². The Hall–Kier alpha value is -1.72. The molecule has 0 saturated heterocycles. The summed E-state index contributed by atoms with van der Waals surface area (Å²) in [6.07, 6.45) is 0. The molecule has 0 aliphatic carbocycles. The van der Waals surface area contributed by atoms with Gasteiger partial charge in [-0.15, -0.1) is 0 Å². The van der Waals surface area contributed by atoms with E-state index in [2.05, 4.69) is 25.9 Å². The van der Waals surface area contributed by atoms with Gasteiger partial charge < -0.3 is 21.1 Å². The van der Waals surface area contributed by atoms with Crippen molar-refractivity contribution in [2.75, 3.05) is 37.1 Å². The molecule has 0 atom stereocenters. The molecule has 6 nitrogen and oxygen atoms in total. The van der Waals surface area contributed by atoms with Crippen molar-refractivity contribution in [3.8, 4) is 6.01 Å². The van der Waals surface area contributed by atoms with Crippen molar-refractivity contribution in [2.24, 2.45) is 0 Å². The Labute approximate surface area is 76.4 Å². The van der Waals surface area contributed by atoms with Crippen LogP contribution in [0.1, 0.15) is 0 Å². The van der Waals surface area contributed by atoms with Gasteiger partial charge in [-0.1, -0.05) is 0 Å². The Morgan fingerprint density at radius 2 is 1.38 bits per heavy atom. The van der Waals surface area contributed by atoms with E-state index >= 15 is 0 Å². The molecule has 1 aromatic heterocycles. The summed E-state index contributed by atoms with van der Waals surface area (Å²) in [5.41, 5.74) is 0.725. The van der Waals surface area contributed by atoms with Crippen molar-refractivity contribution in [3.63, 3.8) is 0 Å². The van der Waals surface area contributed by atoms with Crippen LogP contribution in [-0.2, 0) is 0 Å². The lowest BCUT2D eigenvalue weighted by molar-refractivity contribution is 0.432. The van der Waals surface area contributed by atoms with Crippen molar-refractivity contribution in [3.05, 3.63) is 0 Å². The first-order chi connectivity index (χ1) is 6.22. The van der Waals surface area contributed by atoms with E-state index in [9.17, 15) is 0 Å². The number of nitrogens with zero attached hydrogens (tertiary/aromatic N) is 2. The Bertz CT molecular complexity index is 276. The van der Waals surface area contributed by atoms with Gasteiger partial charge in [0, 0.05) is 21.1 Å². The molecule has 0 spiro atoms. The first-order valence-corrected chi connectivity index (χ1v) is 3.87. The van der Waals surface area contributed by atoms with Crippen LogP contribution >= 0.6 is 0 Å². The van der Waals surface area contributed by atoms with Crippen LogP contribution < -0.4 is 16.0 Å². The van der Waals surface area contributed by atoms with E-state index in [-0.39, 0.29) is 6.01 Å². The second-order valence-electron chi connectivity index (χ2n) is 2.35. The zero-order chi connectivity index (χ0) is 9.84. The fourth-order valence-electron chi connectivity index (χ4n) is 1.05. The van der Waals surface area contributed by atoms with E-state index in [1.165, 1.54) is 0 Å². The van der Waals surface area contributed by atoms with Crippen LogP contribution in [0.15, 0.2) is 0 Å². The van der Waals surface area contributed by atoms with Crippen molar-refractivity contribution < 1.29 is 5.11 Å². The molecule has 72 valence electrons. The minimum atomic E-state index is -0.257. The fourth-order valence-corrected chi connectivity index (χ4v) is 1.05. The average Bonchev–Trinajstić information content (AvgIpc) is 2.16. The van der Waals surface area contributed by atoms with Gasteiger partial charge in [0.25, 0.3) is 0 Å². The van der Waals surface area contributed by atoms with Crippen molar-refractivity contribution in [1.29, 1.82) is 0 Å². The van der Waals surface area contributed by atoms with Gasteiger partial charge in [-0.3, -0.25) is 0 Å². The minimum Gasteiger partial charge on any atom is -0.479 e. The van der Waals surface area contributed by atoms with Crippen LogP contribution in [0.2, 0.25) is 0 Å². The molecule has 0 fully saturated rings. The topological polar surface area (TPSA) is 82.1 Å². The van der Waals surface area contributed by atoms with E-state index in [0.29, 0.717) is 11.6 Å². The van der Waals surface area contributed by atoms with Gasteiger partial charge in [0.15, 0.2) is 11.6 Å². The highest BCUT2D eigenvalue weighted by Crippen LogP contribution is 2.27. The number of aromatic hydroxyl groups is 1. The van der Waals surface area contributed by atoms with Crippen LogP contribution in [0.4, 0.5) is 17.3 Å². The van der Waals surface area contributed by atoms with Crippen LogP contribution in [-0.4, -0.2) is 36.2 Å². The second kappa shape index (κ2) is 3.79. The predicted octanol–water partition coefficient (Wildman–Crippen LogP) is 0.307. The molecule has 1 rings (SSSR count). The SMILES string of the molecule is CNc1nc(O)nc(NC)c1NC. The highest BCUT2D eigenvalue weighted by atomic mass is 16.3. The van der Waals surface area contributed by atoms with Crippen LogP contribution in [0.3, 0.4) is 0 Å². The normalized spacial score (nSPS) is 9.46. The lowest BCUT2D eigenvalue weighted by Gasteiger charge is -2.11. The van der Waals surface area contributed by atoms with E-state index in [4.69, 9.17) is 5.11 Å². The van der Waals surface area contributed by atoms with Gasteiger partial charge in [-0.2, -0.15) is 9.97 Å². The van der Waals surface area contributed by atoms with Gasteiger partial charge in [-0.05, 0) is 0 Å². The molecule has 1 heterocycles. The molecule has 0 bridgehead atoms. The standard InChI is InChI=1S/C7H13N5O/c1-8-4-5(9-2)11-7(13)12-6(4)10-3/h8H,1-3H3,(H3,9,10,11,12,13). The minimum absolute atomic E-state index is 0.257. The summed E-state index contributed by atoms with van der Waals surface area (Å²) in [7, 11) is 5.21. The Kier molecular flexibility index (Phi) is 2.73. The highest BCUT2D eigenvalue weighted by molar-refractivity contribution is 5.76. The number of hydrogen-bond donors (Lipinski definition) is 4. The predicted molar refractivity (Wildman–Crippen MR) is 52.3 cm³/mol. The first-order valence-electron chi connectivity index (χ1n) is 3.87. The van der Waals surface area contributed by atoms with Crippen LogP contribution in [0, 0.1) is 0 Å². The lowest BCUT2D eigenvalue weighted by atomic mass is 10.4. The second-order valence-corrected chi connectivity index (χ2v) is 2.35. The summed E-state index contributed by atoms with van der Waals surface area (Å²) in [6, 6.07) is -0.257. The number of anilines is 3. The summed E-state index contributed by atoms with van der Waals surface area (Å²) in [6.45, 7) is 0. The maximum absolute atomic E-state index is 9.15. The molecule has 6 heteroatoms. The molecule has 0 radical (unpaired) electrons. The number of nitrogens with one attached hydrogen (secondary N) is 3. The Balaban J connectivity index is 3.25. The van der Waals surface area contributed by atoms with Gasteiger partial charge >= 0.3 is 6.01 Å². The zero-order valence-electron chi connectivity index (χ0n) is 7.84. The third-order valence-electron chi connectivity index (χ3n) is 1.62. The van der Waals surface area contributed by atoms with E-state index in [0.717, 1.165) is 5.69 Å². The number of aromatic nitrogens is 2. The van der Waals surface area contributed by atoms with Crippen molar-refractivity contribution in [2.45, 2.75) is 0 Å². The molecule has 0 saturated carbocycles. The monoisotopic (exact) mass is 183 g/mol. The van der Waals surface area contributed by atoms with E-state index in [1.54, 1.807) is 21.1 Å². The lowest BCUT2D eigenvalue weighted by Crippen LogP contribution is -2.05. The highest BCUT2D eigenvalue weighted by Gasteiger charge is 2.09. The molecule has 0 amide bonds. The molecule has 0 aliphatic rings. The number of rotatable bonds is 3. The molecule has 0 aliphatic heterocycles. The number of hydrogen-bond acceptors (Lipinski definition) is 6. The van der Waals surface area contributed by atoms with Gasteiger partial charge in [0.05, 0.1) is 0 Å². The summed E-state index contributed by atoms with van der Waals surface area (Å²) >= 11 is 0. The Morgan fingerprint density at radius 1 is 0.923 bits per heavy atom. The third-order valence-corrected chi connectivity index (χ3v) is 1.62. The maximum atomic E-state index is 9.15. The average molecular weight is 183 g/mol. The van der Waals surface area contributed by atoms with E-state index < -0.39 is 0 Å². The molecular weight excluding hydrogens is 170 g/mol. The summed E-state index contributed by atoms with van der Waals surface area (Å²) in [4.78, 5) is 7.60. The summed E-state index contributed by atoms with van der Waals surface area (Å²) < 4.78 is 0. The largest absolute Gasteiger partial charge is 0.479 e. The molecule has 0 unspecified atom stereocenters. The summed E-state index contributed by atoms with van der Waals surface area (Å²) in [5.74, 6) is 1.11. The molecule has 13 heavy (non-hydrogen) atoms. The van der Waals surface area contributed by atoms with Gasteiger partial charge in [-0.25, -0.2) is 0 Å².